The summed E-state index contributed by atoms with van der Waals surface area (Å²) < 4.78 is 0. The number of hydrogen-bond acceptors (Lipinski definition) is 4. The fourth-order valence-electron chi connectivity index (χ4n) is 2.78. The molecule has 0 aliphatic heterocycles. The fourth-order valence-corrected chi connectivity index (χ4v) is 2.78. The Kier molecular flexibility index (Phi) is 8.85. The predicted molar refractivity (Wildman–Crippen MR) is 110 cm³/mol. The van der Waals surface area contributed by atoms with Gasteiger partial charge in [-0.3, -0.25) is 14.4 Å². The highest BCUT2D eigenvalue weighted by Crippen LogP contribution is 2.06. The normalized spacial score (nSPS) is 12.6. The number of nitrogens with one attached hydrogen (secondary N) is 2. The SMILES string of the molecule is NC(=O)CC[C@H](NC(=O)[C@H](N)CCc1ccccc1)C(=O)NCc1cc[c]cc1. The van der Waals surface area contributed by atoms with Crippen LogP contribution in [0.5, 0.6) is 0 Å². The maximum absolute atomic E-state index is 12.5. The molecule has 7 heteroatoms. The lowest BCUT2D eigenvalue weighted by atomic mass is 10.0. The minimum atomic E-state index is -0.881. The van der Waals surface area contributed by atoms with E-state index >= 15 is 0 Å². The van der Waals surface area contributed by atoms with Crippen molar-refractivity contribution in [3.05, 3.63) is 71.8 Å². The summed E-state index contributed by atoms with van der Waals surface area (Å²) in [6.07, 6.45) is 1.19. The van der Waals surface area contributed by atoms with Gasteiger partial charge in [-0.05, 0) is 36.5 Å². The molecule has 0 unspecified atom stereocenters. The molecule has 2 aromatic rings. The predicted octanol–water partition coefficient (Wildman–Crippen LogP) is 0.813. The molecule has 0 aliphatic carbocycles. The van der Waals surface area contributed by atoms with Crippen LogP contribution in [0.3, 0.4) is 0 Å². The topological polar surface area (TPSA) is 127 Å². The Morgan fingerprint density at radius 3 is 2.28 bits per heavy atom. The molecule has 7 nitrogen and oxygen atoms in total. The lowest BCUT2D eigenvalue weighted by molar-refractivity contribution is -0.130. The maximum atomic E-state index is 12.5. The Balaban J connectivity index is 1.90. The van der Waals surface area contributed by atoms with Gasteiger partial charge in [-0.25, -0.2) is 0 Å². The first-order valence-electron chi connectivity index (χ1n) is 9.56. The summed E-state index contributed by atoms with van der Waals surface area (Å²) in [4.78, 5) is 36.1. The van der Waals surface area contributed by atoms with E-state index in [2.05, 4.69) is 16.7 Å². The lowest BCUT2D eigenvalue weighted by Gasteiger charge is -2.20. The Morgan fingerprint density at radius 1 is 0.931 bits per heavy atom. The van der Waals surface area contributed by atoms with Gasteiger partial charge in [-0.15, -0.1) is 0 Å². The number of primary amides is 1. The molecule has 0 aliphatic rings. The Morgan fingerprint density at radius 2 is 1.62 bits per heavy atom. The molecule has 2 aromatic carbocycles. The summed E-state index contributed by atoms with van der Waals surface area (Å²) in [5.74, 6) is -1.36. The fraction of sp³-hybridized carbons (Fsp3) is 0.318. The minimum absolute atomic E-state index is 0.0160. The Labute approximate surface area is 170 Å². The third kappa shape index (κ3) is 8.15. The van der Waals surface area contributed by atoms with E-state index in [4.69, 9.17) is 11.5 Å². The third-order valence-corrected chi connectivity index (χ3v) is 4.49. The molecule has 153 valence electrons. The van der Waals surface area contributed by atoms with Crippen LogP contribution in [0.2, 0.25) is 0 Å². The second kappa shape index (κ2) is 11.6. The molecule has 0 bridgehead atoms. The van der Waals surface area contributed by atoms with Gasteiger partial charge in [-0.2, -0.15) is 0 Å². The van der Waals surface area contributed by atoms with Crippen molar-refractivity contribution in [1.29, 1.82) is 0 Å². The van der Waals surface area contributed by atoms with Gasteiger partial charge in [0, 0.05) is 13.0 Å². The quantitative estimate of drug-likeness (QED) is 0.449. The van der Waals surface area contributed by atoms with Crippen molar-refractivity contribution >= 4 is 17.7 Å². The van der Waals surface area contributed by atoms with Gasteiger partial charge in [0.1, 0.15) is 6.04 Å². The summed E-state index contributed by atoms with van der Waals surface area (Å²) in [6.45, 7) is 0.302. The molecule has 1 radical (unpaired) electrons. The van der Waals surface area contributed by atoms with Gasteiger partial charge in [0.2, 0.25) is 17.7 Å². The van der Waals surface area contributed by atoms with Gasteiger partial charge >= 0.3 is 0 Å². The smallest absolute Gasteiger partial charge is 0.242 e. The zero-order valence-electron chi connectivity index (χ0n) is 16.3. The number of aryl methyl sites for hydroxylation is 1. The van der Waals surface area contributed by atoms with Crippen molar-refractivity contribution in [2.24, 2.45) is 11.5 Å². The number of benzene rings is 2. The molecule has 6 N–H and O–H groups in total. The van der Waals surface area contributed by atoms with E-state index in [1.807, 2.05) is 42.5 Å². The average molecular weight is 395 g/mol. The van der Waals surface area contributed by atoms with Crippen molar-refractivity contribution in [2.45, 2.75) is 44.3 Å². The summed E-state index contributed by atoms with van der Waals surface area (Å²) in [6, 6.07) is 18.1. The van der Waals surface area contributed by atoms with Crippen molar-refractivity contribution in [3.8, 4) is 0 Å². The van der Waals surface area contributed by atoms with Crippen LogP contribution in [-0.2, 0) is 27.3 Å². The summed E-state index contributed by atoms with van der Waals surface area (Å²) in [7, 11) is 0. The first-order valence-corrected chi connectivity index (χ1v) is 9.56. The summed E-state index contributed by atoms with van der Waals surface area (Å²) in [5, 5.41) is 5.42. The van der Waals surface area contributed by atoms with Gasteiger partial charge in [-0.1, -0.05) is 54.6 Å². The second-order valence-corrected chi connectivity index (χ2v) is 6.82. The molecule has 0 spiro atoms. The molecule has 0 saturated carbocycles. The first kappa shape index (κ1) is 22.1. The first-order chi connectivity index (χ1) is 14.0. The van der Waals surface area contributed by atoms with Crippen LogP contribution in [0.4, 0.5) is 0 Å². The van der Waals surface area contributed by atoms with Crippen LogP contribution in [0, 0.1) is 6.07 Å². The largest absolute Gasteiger partial charge is 0.370 e. The number of carbonyl (C=O) groups is 3. The van der Waals surface area contributed by atoms with Crippen LogP contribution in [-0.4, -0.2) is 29.8 Å². The molecule has 0 aromatic heterocycles. The zero-order valence-corrected chi connectivity index (χ0v) is 16.3. The second-order valence-electron chi connectivity index (χ2n) is 6.82. The highest BCUT2D eigenvalue weighted by molar-refractivity contribution is 5.90. The Bertz CT molecular complexity index is 796. The maximum Gasteiger partial charge on any atom is 0.242 e. The van der Waals surface area contributed by atoms with E-state index in [0.29, 0.717) is 19.4 Å². The highest BCUT2D eigenvalue weighted by Gasteiger charge is 2.24. The minimum Gasteiger partial charge on any atom is -0.370 e. The van der Waals surface area contributed by atoms with Crippen molar-refractivity contribution in [3.63, 3.8) is 0 Å². The van der Waals surface area contributed by atoms with E-state index in [-0.39, 0.29) is 18.7 Å². The zero-order chi connectivity index (χ0) is 21.1. The molecule has 0 heterocycles. The van der Waals surface area contributed by atoms with Crippen molar-refractivity contribution in [2.75, 3.05) is 0 Å². The van der Waals surface area contributed by atoms with Crippen molar-refractivity contribution in [1.82, 2.24) is 10.6 Å². The van der Waals surface area contributed by atoms with Gasteiger partial charge < -0.3 is 22.1 Å². The third-order valence-electron chi connectivity index (χ3n) is 4.49. The van der Waals surface area contributed by atoms with E-state index in [1.165, 1.54) is 0 Å². The molecule has 0 fully saturated rings. The number of amides is 3. The van der Waals surface area contributed by atoms with Gasteiger partial charge in [0.25, 0.3) is 0 Å². The average Bonchev–Trinajstić information content (AvgIpc) is 2.74. The number of nitrogens with two attached hydrogens (primary N) is 2. The monoisotopic (exact) mass is 395 g/mol. The molecule has 3 amide bonds. The van der Waals surface area contributed by atoms with Gasteiger partial charge in [0.15, 0.2) is 0 Å². The molecular formula is C22H27N4O3. The van der Waals surface area contributed by atoms with E-state index in [1.54, 1.807) is 12.1 Å². The summed E-state index contributed by atoms with van der Waals surface area (Å²) in [5.41, 5.74) is 13.2. The standard InChI is InChI=1S/C22H27N4O3/c23-18(12-11-16-7-3-1-4-8-16)21(28)26-19(13-14-20(24)27)22(29)25-15-17-9-5-2-6-10-17/h1,3-10,18-19H,11-15,23H2,(H2,24,27)(H,25,29)(H,26,28)/t18-,19+/m1/s1. The highest BCUT2D eigenvalue weighted by atomic mass is 16.2. The van der Waals surface area contributed by atoms with E-state index in [9.17, 15) is 14.4 Å². The molecule has 2 rings (SSSR count). The van der Waals surface area contributed by atoms with E-state index < -0.39 is 23.9 Å². The lowest BCUT2D eigenvalue weighted by Crippen LogP contribution is -2.51. The molecule has 29 heavy (non-hydrogen) atoms. The van der Waals surface area contributed by atoms with Crippen LogP contribution in [0.1, 0.15) is 30.4 Å². The molecular weight excluding hydrogens is 368 g/mol. The number of carbonyl (C=O) groups excluding carboxylic acids is 3. The van der Waals surface area contributed by atoms with E-state index in [0.717, 1.165) is 11.1 Å². The van der Waals surface area contributed by atoms with Crippen LogP contribution < -0.4 is 22.1 Å². The molecule has 0 saturated heterocycles. The van der Waals surface area contributed by atoms with Crippen molar-refractivity contribution < 1.29 is 14.4 Å². The molecule has 2 atom stereocenters. The Hall–Kier alpha value is -3.19. The summed E-state index contributed by atoms with van der Waals surface area (Å²) >= 11 is 0. The number of rotatable bonds is 11. The number of hydrogen-bond donors (Lipinski definition) is 4. The van der Waals surface area contributed by atoms with Crippen LogP contribution in [0.15, 0.2) is 54.6 Å². The van der Waals surface area contributed by atoms with Gasteiger partial charge in [0.05, 0.1) is 6.04 Å². The van der Waals surface area contributed by atoms with Crippen LogP contribution >= 0.6 is 0 Å². The van der Waals surface area contributed by atoms with Crippen LogP contribution in [0.25, 0.3) is 0 Å².